The summed E-state index contributed by atoms with van der Waals surface area (Å²) < 4.78 is 94.3. The minimum Gasteiger partial charge on any atom is -0.465 e. The number of ether oxygens (including phenoxy) is 5. The number of carbonyl (C=O) groups excluding carboxylic acids is 4. The van der Waals surface area contributed by atoms with Crippen LogP contribution < -0.4 is 5.32 Å². The lowest BCUT2D eigenvalue weighted by molar-refractivity contribution is -0.268. The van der Waals surface area contributed by atoms with Gasteiger partial charge in [0.1, 0.15) is 6.10 Å². The molecule has 1 amide bonds. The molecule has 0 bridgehead atoms. The van der Waals surface area contributed by atoms with E-state index in [0.717, 1.165) is 0 Å². The number of carbonyl (C=O) groups is 4. The highest BCUT2D eigenvalue weighted by molar-refractivity contribution is 5.74. The molecule has 1 N–H and O–H groups in total. The minimum absolute atomic E-state index is 0.101. The van der Waals surface area contributed by atoms with Crippen LogP contribution in [0.15, 0.2) is 0 Å². The third-order valence-electron chi connectivity index (χ3n) is 6.37. The Bertz CT molecular complexity index is 1030. The molecule has 10 nitrogen and oxygen atoms in total. The Kier molecular flexibility index (Phi) is 8.00. The van der Waals surface area contributed by atoms with Crippen molar-refractivity contribution in [3.8, 4) is 0 Å². The van der Waals surface area contributed by atoms with Crippen LogP contribution in [0.2, 0.25) is 0 Å². The summed E-state index contributed by atoms with van der Waals surface area (Å²) in [5.74, 6) is -6.51. The van der Waals surface area contributed by atoms with Crippen LogP contribution in [0.3, 0.4) is 0 Å². The molecular formula is C26H45NO9. The number of hydrogen-bond acceptors (Lipinski definition) is 9. The molecule has 8 atom stereocenters. The number of nitrogens with one attached hydrogen (secondary N) is 1. The van der Waals surface area contributed by atoms with Gasteiger partial charge in [0, 0.05) is 58.1 Å². The Hall–Kier alpha value is -2.20. The Labute approximate surface area is 227 Å². The second kappa shape index (κ2) is 14.5. The summed E-state index contributed by atoms with van der Waals surface area (Å²) >= 11 is 0. The van der Waals surface area contributed by atoms with E-state index in [4.69, 9.17) is 36.0 Å². The van der Waals surface area contributed by atoms with Crippen LogP contribution in [0.4, 0.5) is 0 Å². The summed E-state index contributed by atoms with van der Waals surface area (Å²) in [4.78, 5) is 48.8. The van der Waals surface area contributed by atoms with Crippen LogP contribution in [-0.2, 0) is 42.9 Å². The van der Waals surface area contributed by atoms with E-state index in [-0.39, 0.29) is 12.8 Å². The van der Waals surface area contributed by atoms with Crippen molar-refractivity contribution in [3.63, 3.8) is 0 Å². The van der Waals surface area contributed by atoms with Gasteiger partial charge >= 0.3 is 17.9 Å². The summed E-state index contributed by atoms with van der Waals surface area (Å²) in [5, 5.41) is 2.71. The van der Waals surface area contributed by atoms with Gasteiger partial charge < -0.3 is 29.0 Å². The van der Waals surface area contributed by atoms with Crippen molar-refractivity contribution in [2.24, 2.45) is 11.8 Å². The van der Waals surface area contributed by atoms with Crippen molar-refractivity contribution in [2.75, 3.05) is 6.61 Å². The molecule has 0 aliphatic carbocycles. The standard InChI is InChI=1S/C26H45NO9/c1-10-12-22(15(3)24(34-19(7)30)21(11-2)14-32-18(6)29)36-23-13-26(9,27-17(5)28)25(16(4)33-23)35-20(8)31/h15-16,21-25H,10-14H2,1-9H3,(H,27,28)/t15?,16-,21?,22?,23-,24?,25+,26-/m0/s1/i6D3,7D3,8D3. The molecule has 10 heteroatoms. The number of esters is 3. The zero-order valence-electron chi connectivity index (χ0n) is 30.8. The van der Waals surface area contributed by atoms with Gasteiger partial charge in [-0.05, 0) is 26.7 Å². The van der Waals surface area contributed by atoms with Gasteiger partial charge in [-0.1, -0.05) is 27.2 Å². The molecule has 1 fully saturated rings. The molecule has 0 aromatic rings. The summed E-state index contributed by atoms with van der Waals surface area (Å²) in [6, 6.07) is 0. The quantitative estimate of drug-likeness (QED) is 0.285. The Morgan fingerprint density at radius 1 is 1.14 bits per heavy atom. The van der Waals surface area contributed by atoms with E-state index in [0.29, 0.717) is 12.8 Å². The van der Waals surface area contributed by atoms with Crippen molar-refractivity contribution < 1.29 is 55.2 Å². The van der Waals surface area contributed by atoms with Crippen molar-refractivity contribution in [2.45, 2.75) is 124 Å². The fourth-order valence-corrected chi connectivity index (χ4v) is 4.82. The predicted octanol–water partition coefficient (Wildman–Crippen LogP) is 3.29. The molecule has 0 spiro atoms. The number of rotatable bonds is 13. The van der Waals surface area contributed by atoms with E-state index < -0.39 is 99.1 Å². The van der Waals surface area contributed by atoms with E-state index in [9.17, 15) is 19.2 Å². The van der Waals surface area contributed by atoms with Crippen molar-refractivity contribution in [3.05, 3.63) is 0 Å². The zero-order valence-corrected chi connectivity index (χ0v) is 21.8. The van der Waals surface area contributed by atoms with E-state index in [1.54, 1.807) is 20.8 Å². The van der Waals surface area contributed by atoms with Crippen molar-refractivity contribution >= 4 is 23.8 Å². The monoisotopic (exact) mass is 524 g/mol. The predicted molar refractivity (Wildman–Crippen MR) is 132 cm³/mol. The van der Waals surface area contributed by atoms with Crippen LogP contribution in [0.25, 0.3) is 0 Å². The molecule has 0 radical (unpaired) electrons. The molecule has 1 rings (SSSR count). The molecule has 0 saturated carbocycles. The normalized spacial score (nSPS) is 31.9. The zero-order chi connectivity index (χ0) is 35.1. The van der Waals surface area contributed by atoms with Crippen LogP contribution >= 0.6 is 0 Å². The highest BCUT2D eigenvalue weighted by Crippen LogP contribution is 2.35. The Morgan fingerprint density at radius 3 is 2.36 bits per heavy atom. The van der Waals surface area contributed by atoms with Gasteiger partial charge in [0.05, 0.1) is 24.4 Å². The van der Waals surface area contributed by atoms with E-state index >= 15 is 0 Å². The number of hydrogen-bond donors (Lipinski definition) is 1. The van der Waals surface area contributed by atoms with Gasteiger partial charge in [-0.15, -0.1) is 0 Å². The average molecular weight is 525 g/mol. The largest absolute Gasteiger partial charge is 0.465 e. The molecule has 1 saturated heterocycles. The minimum atomic E-state index is -3.12. The topological polar surface area (TPSA) is 126 Å². The van der Waals surface area contributed by atoms with Gasteiger partial charge in [0.15, 0.2) is 12.4 Å². The van der Waals surface area contributed by atoms with E-state index in [2.05, 4.69) is 5.32 Å². The second-order valence-corrected chi connectivity index (χ2v) is 9.36. The highest BCUT2D eigenvalue weighted by Gasteiger charge is 2.49. The Balaban J connectivity index is 3.39. The molecule has 1 aliphatic rings. The maximum absolute atomic E-state index is 12.5. The average Bonchev–Trinajstić information content (AvgIpc) is 2.87. The first kappa shape index (κ1) is 19.9. The summed E-state index contributed by atoms with van der Waals surface area (Å²) in [6.45, 7) is -0.248. The molecule has 0 aromatic carbocycles. The van der Waals surface area contributed by atoms with E-state index in [1.165, 1.54) is 13.8 Å². The van der Waals surface area contributed by atoms with Crippen LogP contribution in [-0.4, -0.2) is 66.7 Å². The number of amides is 1. The van der Waals surface area contributed by atoms with Gasteiger partial charge in [-0.2, -0.15) is 0 Å². The van der Waals surface area contributed by atoms with Crippen LogP contribution in [0.1, 0.15) is 100 Å². The summed E-state index contributed by atoms with van der Waals surface area (Å²) in [5.41, 5.74) is -1.34. The first-order valence-corrected chi connectivity index (χ1v) is 12.1. The highest BCUT2D eigenvalue weighted by atomic mass is 16.7. The summed E-state index contributed by atoms with van der Waals surface area (Å²) in [7, 11) is 0. The third kappa shape index (κ3) is 9.69. The van der Waals surface area contributed by atoms with Crippen LogP contribution in [0, 0.1) is 11.8 Å². The first-order chi connectivity index (χ1) is 20.4. The van der Waals surface area contributed by atoms with Gasteiger partial charge in [-0.3, -0.25) is 19.2 Å². The summed E-state index contributed by atoms with van der Waals surface area (Å²) in [6.07, 6.45) is -4.23. The van der Waals surface area contributed by atoms with Crippen molar-refractivity contribution in [1.82, 2.24) is 5.32 Å². The van der Waals surface area contributed by atoms with Gasteiger partial charge in [0.2, 0.25) is 5.91 Å². The fourth-order valence-electron chi connectivity index (χ4n) is 4.82. The fraction of sp³-hybridized carbons (Fsp3) is 0.846. The molecule has 1 aliphatic heterocycles. The molecule has 36 heavy (non-hydrogen) atoms. The smallest absolute Gasteiger partial charge is 0.303 e. The maximum atomic E-state index is 12.5. The van der Waals surface area contributed by atoms with Crippen molar-refractivity contribution in [1.29, 1.82) is 0 Å². The van der Waals surface area contributed by atoms with Crippen LogP contribution in [0.5, 0.6) is 0 Å². The lowest BCUT2D eigenvalue weighted by atomic mass is 9.83. The van der Waals surface area contributed by atoms with Gasteiger partial charge in [0.25, 0.3) is 0 Å². The Morgan fingerprint density at radius 2 is 1.81 bits per heavy atom. The maximum Gasteiger partial charge on any atom is 0.303 e. The molecular weight excluding hydrogens is 470 g/mol. The third-order valence-corrected chi connectivity index (χ3v) is 6.37. The lowest BCUT2D eigenvalue weighted by Crippen LogP contribution is -2.65. The molecule has 0 aromatic heterocycles. The lowest BCUT2D eigenvalue weighted by Gasteiger charge is -2.48. The first-order valence-electron chi connectivity index (χ1n) is 16.6. The SMILES string of the molecule is [2H]C([2H])([2H])C(=O)OCC(CC)C(OC(=O)C([2H])([2H])[2H])C(C)C(CCC)O[C@H]1C[C@](C)(NC(C)=O)[C@H](OC(=O)C([2H])([2H])[2H])[C@H](C)O1. The molecule has 1 heterocycles. The second-order valence-electron chi connectivity index (χ2n) is 9.36. The molecule has 208 valence electrons. The molecule has 4 unspecified atom stereocenters. The van der Waals surface area contributed by atoms with Gasteiger partial charge in [-0.25, -0.2) is 0 Å². The van der Waals surface area contributed by atoms with E-state index in [1.807, 2.05) is 6.92 Å².